The fraction of sp³-hybridized carbons (Fsp3) is 0.464. The first-order valence-electron chi connectivity index (χ1n) is 12.8. The molecule has 3 aliphatic heterocycles. The van der Waals surface area contributed by atoms with Crippen LogP contribution in [0.5, 0.6) is 5.75 Å². The summed E-state index contributed by atoms with van der Waals surface area (Å²) in [5.74, 6) is 0.855. The maximum Gasteiger partial charge on any atom is 0.257 e. The summed E-state index contributed by atoms with van der Waals surface area (Å²) in [5.41, 5.74) is 1.77. The molecule has 0 saturated carbocycles. The molecule has 0 N–H and O–H groups in total. The Morgan fingerprint density at radius 1 is 0.972 bits per heavy atom. The van der Waals surface area contributed by atoms with Crippen LogP contribution in [-0.4, -0.2) is 84.5 Å². The third-order valence-electron chi connectivity index (χ3n) is 7.90. The minimum atomic E-state index is -0.719. The Hall–Kier alpha value is -3.39. The van der Waals surface area contributed by atoms with E-state index in [1.54, 1.807) is 23.0 Å². The molecule has 3 amide bonds. The first-order valence-corrected chi connectivity index (χ1v) is 12.8. The van der Waals surface area contributed by atoms with Gasteiger partial charge in [0.2, 0.25) is 11.8 Å². The Morgan fingerprint density at radius 3 is 2.42 bits per heavy atom. The van der Waals surface area contributed by atoms with E-state index in [9.17, 15) is 14.4 Å². The highest BCUT2D eigenvalue weighted by molar-refractivity contribution is 6.10. The second-order valence-corrected chi connectivity index (χ2v) is 9.99. The molecule has 8 heteroatoms. The van der Waals surface area contributed by atoms with Gasteiger partial charge in [-0.25, -0.2) is 0 Å². The van der Waals surface area contributed by atoms with E-state index in [1.807, 2.05) is 42.2 Å². The molecule has 2 fully saturated rings. The minimum absolute atomic E-state index is 0.0274. The Bertz CT molecular complexity index is 1140. The molecule has 3 aliphatic rings. The lowest BCUT2D eigenvalue weighted by Crippen LogP contribution is -2.62. The zero-order valence-electron chi connectivity index (χ0n) is 21.1. The Labute approximate surface area is 212 Å². The summed E-state index contributed by atoms with van der Waals surface area (Å²) in [4.78, 5) is 47.0. The molecule has 8 nitrogen and oxygen atoms in total. The zero-order chi connectivity index (χ0) is 25.3. The monoisotopic (exact) mass is 490 g/mol. The normalized spacial score (nSPS) is 22.0. The third kappa shape index (κ3) is 4.46. The van der Waals surface area contributed by atoms with Crippen LogP contribution in [-0.2, 0) is 16.0 Å². The molecule has 0 radical (unpaired) electrons. The number of methoxy groups -OCH3 is 1. The van der Waals surface area contributed by atoms with Gasteiger partial charge in [-0.05, 0) is 49.6 Å². The largest absolute Gasteiger partial charge is 0.497 e. The average molecular weight is 491 g/mol. The van der Waals surface area contributed by atoms with Gasteiger partial charge in [0, 0.05) is 52.1 Å². The number of hydrogen-bond acceptors (Lipinski definition) is 5. The van der Waals surface area contributed by atoms with Gasteiger partial charge < -0.3 is 14.5 Å². The highest BCUT2D eigenvalue weighted by Crippen LogP contribution is 2.44. The van der Waals surface area contributed by atoms with Crippen molar-refractivity contribution >= 4 is 23.4 Å². The molecular weight excluding hydrogens is 456 g/mol. The van der Waals surface area contributed by atoms with Gasteiger partial charge >= 0.3 is 0 Å². The van der Waals surface area contributed by atoms with Crippen molar-refractivity contribution in [1.82, 2.24) is 14.7 Å². The number of para-hydroxylation sites is 1. The van der Waals surface area contributed by atoms with Gasteiger partial charge in [-0.15, -0.1) is 0 Å². The van der Waals surface area contributed by atoms with Crippen molar-refractivity contribution < 1.29 is 19.1 Å². The smallest absolute Gasteiger partial charge is 0.257 e. The maximum absolute atomic E-state index is 13.4. The molecule has 0 bridgehead atoms. The van der Waals surface area contributed by atoms with Crippen molar-refractivity contribution in [1.29, 1.82) is 0 Å². The number of anilines is 1. The molecular formula is C28H34N4O4. The number of carbonyl (C=O) groups is 3. The van der Waals surface area contributed by atoms with Gasteiger partial charge in [0.05, 0.1) is 18.4 Å². The van der Waals surface area contributed by atoms with Crippen LogP contribution >= 0.6 is 0 Å². The number of carbonyl (C=O) groups excluding carboxylic acids is 3. The lowest BCUT2D eigenvalue weighted by molar-refractivity contribution is -0.133. The molecule has 36 heavy (non-hydrogen) atoms. The van der Waals surface area contributed by atoms with Crippen molar-refractivity contribution in [3.8, 4) is 5.75 Å². The van der Waals surface area contributed by atoms with Gasteiger partial charge in [0.25, 0.3) is 5.91 Å². The van der Waals surface area contributed by atoms with Crippen LogP contribution in [0.25, 0.3) is 0 Å². The minimum Gasteiger partial charge on any atom is -0.497 e. The van der Waals surface area contributed by atoms with Gasteiger partial charge in [-0.1, -0.05) is 24.3 Å². The van der Waals surface area contributed by atoms with Crippen LogP contribution in [0.15, 0.2) is 48.5 Å². The maximum atomic E-state index is 13.4. The standard InChI is InChI=1S/C28H34N4O4/c1-28-14-11-26(34)32(28)24-6-4-3-5-23(24)27(35)31(28)16-13-25(33)30-19-17-29(18-20-30)15-12-21-7-9-22(36-2)10-8-21/h3-10H,11-20H2,1-2H3. The van der Waals surface area contributed by atoms with Crippen molar-refractivity contribution in [2.75, 3.05) is 51.3 Å². The fourth-order valence-corrected chi connectivity index (χ4v) is 5.71. The summed E-state index contributed by atoms with van der Waals surface area (Å²) < 4.78 is 5.22. The van der Waals surface area contributed by atoms with Crippen molar-refractivity contribution in [2.24, 2.45) is 0 Å². The van der Waals surface area contributed by atoms with E-state index in [-0.39, 0.29) is 24.1 Å². The summed E-state index contributed by atoms with van der Waals surface area (Å²) >= 11 is 0. The summed E-state index contributed by atoms with van der Waals surface area (Å²) in [6.45, 7) is 6.29. The quantitative estimate of drug-likeness (QED) is 0.597. The van der Waals surface area contributed by atoms with E-state index < -0.39 is 5.66 Å². The number of hydrogen-bond donors (Lipinski definition) is 0. The molecule has 5 rings (SSSR count). The van der Waals surface area contributed by atoms with Crippen LogP contribution in [0.2, 0.25) is 0 Å². The molecule has 2 aromatic carbocycles. The molecule has 2 aromatic rings. The number of amides is 3. The molecule has 1 unspecified atom stereocenters. The first kappa shape index (κ1) is 24.3. The van der Waals surface area contributed by atoms with Crippen molar-refractivity contribution in [3.05, 3.63) is 59.7 Å². The number of piperazine rings is 1. The van der Waals surface area contributed by atoms with E-state index in [0.717, 1.165) is 31.8 Å². The number of rotatable bonds is 7. The van der Waals surface area contributed by atoms with E-state index in [2.05, 4.69) is 17.0 Å². The summed E-state index contributed by atoms with van der Waals surface area (Å²) in [5, 5.41) is 0. The van der Waals surface area contributed by atoms with Crippen LogP contribution in [0.1, 0.15) is 42.1 Å². The van der Waals surface area contributed by atoms with Crippen LogP contribution in [0, 0.1) is 0 Å². The predicted molar refractivity (Wildman–Crippen MR) is 137 cm³/mol. The lowest BCUT2D eigenvalue weighted by Gasteiger charge is -2.48. The van der Waals surface area contributed by atoms with Gasteiger partial charge in [-0.2, -0.15) is 0 Å². The number of ether oxygens (including phenoxy) is 1. The number of benzene rings is 2. The molecule has 0 spiro atoms. The highest BCUT2D eigenvalue weighted by Gasteiger charge is 2.52. The fourth-order valence-electron chi connectivity index (χ4n) is 5.71. The average Bonchev–Trinajstić information content (AvgIpc) is 3.22. The lowest BCUT2D eigenvalue weighted by atomic mass is 9.98. The first-order chi connectivity index (χ1) is 17.4. The van der Waals surface area contributed by atoms with E-state index in [1.165, 1.54) is 5.56 Å². The second kappa shape index (κ2) is 9.93. The van der Waals surface area contributed by atoms with E-state index >= 15 is 0 Å². The van der Waals surface area contributed by atoms with Gasteiger partial charge in [0.15, 0.2) is 0 Å². The van der Waals surface area contributed by atoms with Gasteiger partial charge in [0.1, 0.15) is 11.4 Å². The van der Waals surface area contributed by atoms with Crippen LogP contribution in [0.4, 0.5) is 5.69 Å². The summed E-state index contributed by atoms with van der Waals surface area (Å²) in [6, 6.07) is 15.4. The van der Waals surface area contributed by atoms with Gasteiger partial charge in [-0.3, -0.25) is 24.2 Å². The third-order valence-corrected chi connectivity index (χ3v) is 7.90. The highest BCUT2D eigenvalue weighted by atomic mass is 16.5. The summed E-state index contributed by atoms with van der Waals surface area (Å²) in [7, 11) is 1.67. The topological polar surface area (TPSA) is 73.4 Å². The summed E-state index contributed by atoms with van der Waals surface area (Å²) in [6.07, 6.45) is 2.20. The van der Waals surface area contributed by atoms with Crippen molar-refractivity contribution in [2.45, 2.75) is 38.3 Å². The zero-order valence-corrected chi connectivity index (χ0v) is 21.1. The Kier molecular flexibility index (Phi) is 6.71. The molecule has 0 aromatic heterocycles. The van der Waals surface area contributed by atoms with Crippen LogP contribution in [0.3, 0.4) is 0 Å². The number of fused-ring (bicyclic) bond motifs is 3. The number of nitrogens with zero attached hydrogens (tertiary/aromatic N) is 4. The predicted octanol–water partition coefficient (Wildman–Crippen LogP) is 2.77. The van der Waals surface area contributed by atoms with Crippen molar-refractivity contribution in [3.63, 3.8) is 0 Å². The Morgan fingerprint density at radius 2 is 1.69 bits per heavy atom. The molecule has 190 valence electrons. The van der Waals surface area contributed by atoms with E-state index in [4.69, 9.17) is 4.74 Å². The Balaban J connectivity index is 1.15. The SMILES string of the molecule is COc1ccc(CCN2CCN(C(=O)CCN3C(=O)c4ccccc4N4C(=O)CCC34C)CC2)cc1. The van der Waals surface area contributed by atoms with E-state index in [0.29, 0.717) is 43.7 Å². The molecule has 0 aliphatic carbocycles. The second-order valence-electron chi connectivity index (χ2n) is 9.99. The molecule has 1 atom stereocenters. The molecule has 2 saturated heterocycles. The van der Waals surface area contributed by atoms with Crippen LogP contribution < -0.4 is 9.64 Å². The molecule has 3 heterocycles.